The van der Waals surface area contributed by atoms with Crippen molar-refractivity contribution in [3.8, 4) is 0 Å². The third-order valence-corrected chi connectivity index (χ3v) is 4.42. The van der Waals surface area contributed by atoms with Gasteiger partial charge in [0.15, 0.2) is 0 Å². The molecule has 0 aliphatic heterocycles. The summed E-state index contributed by atoms with van der Waals surface area (Å²) < 4.78 is 45.2. The Labute approximate surface area is 125 Å². The summed E-state index contributed by atoms with van der Waals surface area (Å²) in [6, 6.07) is 3.84. The van der Waals surface area contributed by atoms with Crippen LogP contribution in [0.3, 0.4) is 0 Å². The summed E-state index contributed by atoms with van der Waals surface area (Å²) in [6.45, 7) is 3.84. The van der Waals surface area contributed by atoms with E-state index in [4.69, 9.17) is 4.74 Å². The van der Waals surface area contributed by atoms with Crippen LogP contribution < -0.4 is 10.0 Å². The zero-order valence-electron chi connectivity index (χ0n) is 12.5. The highest BCUT2D eigenvalue weighted by Crippen LogP contribution is 2.15. The predicted molar refractivity (Wildman–Crippen MR) is 80.1 cm³/mol. The van der Waals surface area contributed by atoms with Crippen molar-refractivity contribution in [1.29, 1.82) is 0 Å². The number of sulfonamides is 1. The van der Waals surface area contributed by atoms with E-state index in [9.17, 15) is 12.8 Å². The molecule has 1 aromatic rings. The molecule has 0 heterocycles. The zero-order chi connectivity index (χ0) is 15.7. The second-order valence-electron chi connectivity index (χ2n) is 4.63. The molecule has 0 amide bonds. The summed E-state index contributed by atoms with van der Waals surface area (Å²) in [5, 5.41) is 2.98. The SMILES string of the molecule is CCNCc1cc(S(=O)(=O)NCCCCOC)ccc1F. The van der Waals surface area contributed by atoms with Crippen LogP contribution in [0.2, 0.25) is 0 Å². The van der Waals surface area contributed by atoms with E-state index in [2.05, 4.69) is 10.0 Å². The molecule has 5 nitrogen and oxygen atoms in total. The Hall–Kier alpha value is -1.02. The topological polar surface area (TPSA) is 67.4 Å². The first-order valence-electron chi connectivity index (χ1n) is 6.99. The summed E-state index contributed by atoms with van der Waals surface area (Å²) in [4.78, 5) is 0.0866. The van der Waals surface area contributed by atoms with E-state index in [-0.39, 0.29) is 4.90 Å². The van der Waals surface area contributed by atoms with Crippen LogP contribution in [0.15, 0.2) is 23.1 Å². The fraction of sp³-hybridized carbons (Fsp3) is 0.571. The Kier molecular flexibility index (Phi) is 7.81. The molecule has 1 aromatic carbocycles. The fourth-order valence-electron chi connectivity index (χ4n) is 1.77. The van der Waals surface area contributed by atoms with Crippen LogP contribution in [0, 0.1) is 5.82 Å². The second kappa shape index (κ2) is 9.09. The minimum Gasteiger partial charge on any atom is -0.385 e. The van der Waals surface area contributed by atoms with E-state index in [0.717, 1.165) is 6.42 Å². The first kappa shape index (κ1) is 18.0. The highest BCUT2D eigenvalue weighted by molar-refractivity contribution is 7.89. The maximum atomic E-state index is 13.6. The van der Waals surface area contributed by atoms with Crippen LogP contribution in [0.1, 0.15) is 25.3 Å². The van der Waals surface area contributed by atoms with Gasteiger partial charge in [0.1, 0.15) is 5.82 Å². The van der Waals surface area contributed by atoms with Gasteiger partial charge < -0.3 is 10.1 Å². The number of nitrogens with one attached hydrogen (secondary N) is 2. The van der Waals surface area contributed by atoms with Crippen LogP contribution >= 0.6 is 0 Å². The van der Waals surface area contributed by atoms with Crippen LogP contribution in [-0.2, 0) is 21.3 Å². The molecule has 0 aliphatic rings. The predicted octanol–water partition coefficient (Wildman–Crippen LogP) is 1.64. The lowest BCUT2D eigenvalue weighted by atomic mass is 10.2. The minimum atomic E-state index is -3.60. The number of hydrogen-bond donors (Lipinski definition) is 2. The molecular weight excluding hydrogens is 295 g/mol. The fourth-order valence-corrected chi connectivity index (χ4v) is 2.90. The summed E-state index contributed by atoms with van der Waals surface area (Å²) in [6.07, 6.45) is 1.48. The van der Waals surface area contributed by atoms with Gasteiger partial charge in [-0.1, -0.05) is 6.92 Å². The summed E-state index contributed by atoms with van der Waals surface area (Å²) in [7, 11) is -1.99. The van der Waals surface area contributed by atoms with Gasteiger partial charge in [0, 0.05) is 32.4 Å². The van der Waals surface area contributed by atoms with Gasteiger partial charge in [-0.05, 0) is 37.6 Å². The number of ether oxygens (including phenoxy) is 1. The molecule has 0 radical (unpaired) electrons. The van der Waals surface area contributed by atoms with Gasteiger partial charge in [-0.3, -0.25) is 0 Å². The molecule has 2 N–H and O–H groups in total. The molecule has 0 aliphatic carbocycles. The molecule has 0 saturated carbocycles. The number of halogens is 1. The van der Waals surface area contributed by atoms with E-state index in [1.807, 2.05) is 6.92 Å². The monoisotopic (exact) mass is 318 g/mol. The molecule has 7 heteroatoms. The average molecular weight is 318 g/mol. The molecule has 0 fully saturated rings. The average Bonchev–Trinajstić information content (AvgIpc) is 2.46. The highest BCUT2D eigenvalue weighted by atomic mass is 32.2. The molecular formula is C14H23FN2O3S. The van der Waals surface area contributed by atoms with Gasteiger partial charge in [-0.15, -0.1) is 0 Å². The van der Waals surface area contributed by atoms with Crippen LogP contribution in [0.5, 0.6) is 0 Å². The lowest BCUT2D eigenvalue weighted by molar-refractivity contribution is 0.193. The third-order valence-electron chi connectivity index (χ3n) is 2.96. The van der Waals surface area contributed by atoms with Gasteiger partial charge in [0.2, 0.25) is 10.0 Å². The number of rotatable bonds is 10. The van der Waals surface area contributed by atoms with Gasteiger partial charge in [0.05, 0.1) is 4.90 Å². The Morgan fingerprint density at radius 2 is 2.05 bits per heavy atom. The molecule has 0 atom stereocenters. The van der Waals surface area contributed by atoms with E-state index in [1.165, 1.54) is 18.2 Å². The lowest BCUT2D eigenvalue weighted by Crippen LogP contribution is -2.25. The highest BCUT2D eigenvalue weighted by Gasteiger charge is 2.15. The van der Waals surface area contributed by atoms with Crippen molar-refractivity contribution >= 4 is 10.0 Å². The largest absolute Gasteiger partial charge is 0.385 e. The molecule has 1 rings (SSSR count). The zero-order valence-corrected chi connectivity index (χ0v) is 13.3. The third kappa shape index (κ3) is 6.09. The molecule has 0 unspecified atom stereocenters. The van der Waals surface area contributed by atoms with Crippen molar-refractivity contribution in [2.75, 3.05) is 26.8 Å². The molecule has 120 valence electrons. The maximum absolute atomic E-state index is 13.6. The first-order chi connectivity index (χ1) is 10.0. The quantitative estimate of drug-likeness (QED) is 0.644. The van der Waals surface area contributed by atoms with Gasteiger partial charge in [-0.2, -0.15) is 0 Å². The minimum absolute atomic E-state index is 0.0866. The van der Waals surface area contributed by atoms with Crippen molar-refractivity contribution in [2.24, 2.45) is 0 Å². The summed E-state index contributed by atoms with van der Waals surface area (Å²) in [5.74, 6) is -0.407. The maximum Gasteiger partial charge on any atom is 0.240 e. The van der Waals surface area contributed by atoms with E-state index in [1.54, 1.807) is 7.11 Å². The number of unbranched alkanes of at least 4 members (excludes halogenated alkanes) is 1. The number of benzene rings is 1. The van der Waals surface area contributed by atoms with Crippen molar-refractivity contribution in [2.45, 2.75) is 31.2 Å². The van der Waals surface area contributed by atoms with Crippen LogP contribution in [0.4, 0.5) is 4.39 Å². The van der Waals surface area contributed by atoms with Crippen LogP contribution in [0.25, 0.3) is 0 Å². The van der Waals surface area contributed by atoms with Crippen LogP contribution in [-0.4, -0.2) is 35.2 Å². The Morgan fingerprint density at radius 1 is 1.29 bits per heavy atom. The van der Waals surface area contributed by atoms with E-state index >= 15 is 0 Å². The van der Waals surface area contributed by atoms with Crippen molar-refractivity contribution < 1.29 is 17.5 Å². The summed E-state index contributed by atoms with van der Waals surface area (Å²) >= 11 is 0. The van der Waals surface area contributed by atoms with Gasteiger partial charge >= 0.3 is 0 Å². The lowest BCUT2D eigenvalue weighted by Gasteiger charge is -2.09. The number of hydrogen-bond acceptors (Lipinski definition) is 4. The van der Waals surface area contributed by atoms with Gasteiger partial charge in [-0.25, -0.2) is 17.5 Å². The normalized spacial score (nSPS) is 11.8. The van der Waals surface area contributed by atoms with Crippen molar-refractivity contribution in [3.05, 3.63) is 29.6 Å². The number of methoxy groups -OCH3 is 1. The Bertz CT molecular complexity index is 535. The van der Waals surface area contributed by atoms with Crippen molar-refractivity contribution in [1.82, 2.24) is 10.0 Å². The molecule has 0 aromatic heterocycles. The van der Waals surface area contributed by atoms with Crippen molar-refractivity contribution in [3.63, 3.8) is 0 Å². The van der Waals surface area contributed by atoms with E-state index in [0.29, 0.717) is 38.2 Å². The smallest absolute Gasteiger partial charge is 0.240 e. The van der Waals surface area contributed by atoms with E-state index < -0.39 is 15.8 Å². The standard InChI is InChI=1S/C14H23FN2O3S/c1-3-16-11-12-10-13(6-7-14(12)15)21(18,19)17-8-4-5-9-20-2/h6-7,10,16-17H,3-5,8-9,11H2,1-2H3. The van der Waals surface area contributed by atoms with Gasteiger partial charge in [0.25, 0.3) is 0 Å². The molecule has 0 bridgehead atoms. The Morgan fingerprint density at radius 3 is 2.71 bits per heavy atom. The second-order valence-corrected chi connectivity index (χ2v) is 6.40. The molecule has 0 spiro atoms. The first-order valence-corrected chi connectivity index (χ1v) is 8.47. The molecule has 0 saturated heterocycles. The summed E-state index contributed by atoms with van der Waals surface area (Å²) in [5.41, 5.74) is 0.346. The molecule has 21 heavy (non-hydrogen) atoms. The Balaban J connectivity index is 2.69.